The van der Waals surface area contributed by atoms with Crippen LogP contribution in [0.2, 0.25) is 0 Å². The number of rotatable bonds is 6. The molecule has 0 aliphatic heterocycles. The van der Waals surface area contributed by atoms with Crippen molar-refractivity contribution < 1.29 is 9.53 Å². The molecule has 0 radical (unpaired) electrons. The van der Waals surface area contributed by atoms with Gasteiger partial charge in [0.25, 0.3) is 0 Å². The minimum absolute atomic E-state index is 0.142. The average Bonchev–Trinajstić information content (AvgIpc) is 2.02. The highest BCUT2D eigenvalue weighted by Gasteiger charge is 2.11. The van der Waals surface area contributed by atoms with E-state index in [1.165, 1.54) is 6.21 Å². The molecule has 0 aromatic heterocycles. The minimum Gasteiger partial charge on any atom is -0.466 e. The van der Waals surface area contributed by atoms with Crippen LogP contribution in [-0.4, -0.2) is 18.8 Å². The van der Waals surface area contributed by atoms with Gasteiger partial charge in [-0.2, -0.15) is 0 Å². The third-order valence-corrected chi connectivity index (χ3v) is 1.84. The Morgan fingerprint density at radius 3 is 2.57 bits per heavy atom. The molecule has 0 aromatic rings. The number of nitrogens with one attached hydrogen (secondary N) is 1. The molecule has 3 nitrogen and oxygen atoms in total. The molecule has 0 rings (SSSR count). The van der Waals surface area contributed by atoms with E-state index in [4.69, 9.17) is 10.1 Å². The second kappa shape index (κ2) is 6.57. The van der Waals surface area contributed by atoms with Gasteiger partial charge in [-0.3, -0.25) is 4.79 Å². The van der Waals surface area contributed by atoms with Crippen molar-refractivity contribution in [1.82, 2.24) is 0 Å². The highest BCUT2D eigenvalue weighted by atomic mass is 16.5. The van der Waals surface area contributed by atoms with E-state index in [0.29, 0.717) is 19.4 Å². The standard InChI is InChI=1S/C11H21NO2/c1-11(2,3)7-9-14-10(13)6-4-5-8-12/h8,12H,4-7,9H2,1-3H3. The molecule has 0 spiro atoms. The monoisotopic (exact) mass is 199 g/mol. The van der Waals surface area contributed by atoms with Crippen molar-refractivity contribution in [3.05, 3.63) is 0 Å². The zero-order valence-corrected chi connectivity index (χ0v) is 9.43. The largest absolute Gasteiger partial charge is 0.466 e. The van der Waals surface area contributed by atoms with E-state index in [-0.39, 0.29) is 11.4 Å². The van der Waals surface area contributed by atoms with Crippen molar-refractivity contribution in [1.29, 1.82) is 5.41 Å². The lowest BCUT2D eigenvalue weighted by Crippen LogP contribution is -2.12. The first-order valence-corrected chi connectivity index (χ1v) is 5.10. The highest BCUT2D eigenvalue weighted by Crippen LogP contribution is 2.18. The summed E-state index contributed by atoms with van der Waals surface area (Å²) >= 11 is 0. The maximum Gasteiger partial charge on any atom is 0.305 e. The Kier molecular flexibility index (Phi) is 6.17. The summed E-state index contributed by atoms with van der Waals surface area (Å²) < 4.78 is 5.05. The summed E-state index contributed by atoms with van der Waals surface area (Å²) in [5, 5.41) is 6.79. The molecular formula is C11H21NO2. The third kappa shape index (κ3) is 9.23. The van der Waals surface area contributed by atoms with Crippen LogP contribution in [-0.2, 0) is 9.53 Å². The quantitative estimate of drug-likeness (QED) is 0.406. The smallest absolute Gasteiger partial charge is 0.305 e. The van der Waals surface area contributed by atoms with Crippen LogP contribution in [0.15, 0.2) is 0 Å². The van der Waals surface area contributed by atoms with E-state index in [0.717, 1.165) is 12.8 Å². The van der Waals surface area contributed by atoms with Crippen LogP contribution in [0.1, 0.15) is 46.5 Å². The summed E-state index contributed by atoms with van der Waals surface area (Å²) in [5.74, 6) is -0.142. The molecule has 82 valence electrons. The summed E-state index contributed by atoms with van der Waals surface area (Å²) in [5.41, 5.74) is 0.217. The van der Waals surface area contributed by atoms with Crippen LogP contribution in [0.4, 0.5) is 0 Å². The van der Waals surface area contributed by atoms with Gasteiger partial charge < -0.3 is 10.1 Å². The Morgan fingerprint density at radius 2 is 2.07 bits per heavy atom. The third-order valence-electron chi connectivity index (χ3n) is 1.84. The number of carbonyl (C=O) groups is 1. The van der Waals surface area contributed by atoms with Gasteiger partial charge in [0.15, 0.2) is 0 Å². The molecule has 1 N–H and O–H groups in total. The predicted octanol–water partition coefficient (Wildman–Crippen LogP) is 2.79. The molecular weight excluding hydrogens is 178 g/mol. The van der Waals surface area contributed by atoms with E-state index in [1.54, 1.807) is 0 Å². The van der Waals surface area contributed by atoms with Gasteiger partial charge in [0, 0.05) is 6.42 Å². The fourth-order valence-electron chi connectivity index (χ4n) is 0.892. The van der Waals surface area contributed by atoms with Gasteiger partial charge in [-0.05, 0) is 30.9 Å². The molecule has 0 bridgehead atoms. The second-order valence-electron chi connectivity index (χ2n) is 4.63. The minimum atomic E-state index is -0.142. The molecule has 0 heterocycles. The lowest BCUT2D eigenvalue weighted by molar-refractivity contribution is -0.144. The van der Waals surface area contributed by atoms with E-state index >= 15 is 0 Å². The summed E-state index contributed by atoms with van der Waals surface area (Å²) in [4.78, 5) is 11.1. The first-order chi connectivity index (χ1) is 6.45. The Labute approximate surface area is 86.3 Å². The van der Waals surface area contributed by atoms with Crippen molar-refractivity contribution in [2.45, 2.75) is 46.5 Å². The van der Waals surface area contributed by atoms with E-state index < -0.39 is 0 Å². The zero-order chi connectivity index (χ0) is 11.0. The Morgan fingerprint density at radius 1 is 1.43 bits per heavy atom. The normalized spacial score (nSPS) is 11.1. The van der Waals surface area contributed by atoms with Gasteiger partial charge in [0.2, 0.25) is 0 Å². The first-order valence-electron chi connectivity index (χ1n) is 5.10. The molecule has 0 saturated carbocycles. The van der Waals surface area contributed by atoms with Gasteiger partial charge >= 0.3 is 5.97 Å². The molecule has 0 fully saturated rings. The summed E-state index contributed by atoms with van der Waals surface area (Å²) in [6.07, 6.45) is 4.03. The number of ether oxygens (including phenoxy) is 1. The SMILES string of the molecule is CC(C)(C)CCOC(=O)CCCC=N. The van der Waals surface area contributed by atoms with Crippen molar-refractivity contribution >= 4 is 12.2 Å². The van der Waals surface area contributed by atoms with Crippen molar-refractivity contribution in [3.8, 4) is 0 Å². The Balaban J connectivity index is 3.40. The molecule has 0 aliphatic rings. The van der Waals surface area contributed by atoms with Gasteiger partial charge in [-0.1, -0.05) is 20.8 Å². The predicted molar refractivity (Wildman–Crippen MR) is 57.7 cm³/mol. The Hall–Kier alpha value is -0.860. The lowest BCUT2D eigenvalue weighted by Gasteiger charge is -2.17. The number of esters is 1. The molecule has 14 heavy (non-hydrogen) atoms. The first kappa shape index (κ1) is 13.1. The number of carbonyl (C=O) groups excluding carboxylic acids is 1. The number of unbranched alkanes of at least 4 members (excludes halogenated alkanes) is 1. The van der Waals surface area contributed by atoms with Gasteiger partial charge in [-0.25, -0.2) is 0 Å². The maximum atomic E-state index is 11.1. The van der Waals surface area contributed by atoms with Crippen LogP contribution in [0.3, 0.4) is 0 Å². The highest BCUT2D eigenvalue weighted by molar-refractivity contribution is 5.69. The molecule has 0 aromatic carbocycles. The maximum absolute atomic E-state index is 11.1. The van der Waals surface area contributed by atoms with E-state index in [1.807, 2.05) is 0 Å². The molecule has 0 aliphatic carbocycles. The summed E-state index contributed by atoms with van der Waals surface area (Å²) in [6, 6.07) is 0. The van der Waals surface area contributed by atoms with Crippen LogP contribution in [0.5, 0.6) is 0 Å². The molecule has 0 atom stereocenters. The van der Waals surface area contributed by atoms with Crippen LogP contribution >= 0.6 is 0 Å². The van der Waals surface area contributed by atoms with E-state index in [9.17, 15) is 4.79 Å². The topological polar surface area (TPSA) is 50.2 Å². The zero-order valence-electron chi connectivity index (χ0n) is 9.43. The molecule has 0 unspecified atom stereocenters. The van der Waals surface area contributed by atoms with E-state index in [2.05, 4.69) is 20.8 Å². The number of hydrogen-bond donors (Lipinski definition) is 1. The fourth-order valence-corrected chi connectivity index (χ4v) is 0.892. The fraction of sp³-hybridized carbons (Fsp3) is 0.818. The number of hydrogen-bond acceptors (Lipinski definition) is 3. The lowest BCUT2D eigenvalue weighted by atomic mass is 9.93. The van der Waals surface area contributed by atoms with Gasteiger partial charge in [0.1, 0.15) is 0 Å². The summed E-state index contributed by atoms with van der Waals surface area (Å²) in [7, 11) is 0. The second-order valence-corrected chi connectivity index (χ2v) is 4.63. The average molecular weight is 199 g/mol. The van der Waals surface area contributed by atoms with Crippen molar-refractivity contribution in [3.63, 3.8) is 0 Å². The summed E-state index contributed by atoms with van der Waals surface area (Å²) in [6.45, 7) is 6.87. The van der Waals surface area contributed by atoms with Gasteiger partial charge in [0.05, 0.1) is 6.61 Å². The molecule has 3 heteroatoms. The molecule has 0 amide bonds. The van der Waals surface area contributed by atoms with Crippen LogP contribution in [0.25, 0.3) is 0 Å². The van der Waals surface area contributed by atoms with Crippen LogP contribution in [0, 0.1) is 10.8 Å². The van der Waals surface area contributed by atoms with Crippen molar-refractivity contribution in [2.75, 3.05) is 6.61 Å². The molecule has 0 saturated heterocycles. The van der Waals surface area contributed by atoms with Crippen molar-refractivity contribution in [2.24, 2.45) is 5.41 Å². The Bertz CT molecular complexity index is 182. The van der Waals surface area contributed by atoms with Gasteiger partial charge in [-0.15, -0.1) is 0 Å². The van der Waals surface area contributed by atoms with Crippen LogP contribution < -0.4 is 0 Å².